The van der Waals surface area contributed by atoms with Crippen molar-refractivity contribution in [2.24, 2.45) is 0 Å². The summed E-state index contributed by atoms with van der Waals surface area (Å²) < 4.78 is 0. The van der Waals surface area contributed by atoms with Crippen LogP contribution in [0.2, 0.25) is 0 Å². The maximum atomic E-state index is 12.3. The Morgan fingerprint density at radius 1 is 1.33 bits per heavy atom. The van der Waals surface area contributed by atoms with E-state index in [-0.39, 0.29) is 5.91 Å². The summed E-state index contributed by atoms with van der Waals surface area (Å²) in [7, 11) is 0. The molecule has 0 radical (unpaired) electrons. The highest BCUT2D eigenvalue weighted by Gasteiger charge is 2.23. The van der Waals surface area contributed by atoms with Gasteiger partial charge in [-0.2, -0.15) is 0 Å². The molecule has 100 valence electrons. The first-order chi connectivity index (χ1) is 8.59. The summed E-state index contributed by atoms with van der Waals surface area (Å²) in [5.41, 5.74) is 1.41. The number of carbonyl (C=O) groups is 1. The van der Waals surface area contributed by atoms with Gasteiger partial charge in [0, 0.05) is 37.9 Å². The Morgan fingerprint density at radius 3 is 2.72 bits per heavy atom. The number of carbonyl (C=O) groups excluding carboxylic acids is 1. The molecule has 1 aromatic heterocycles. The van der Waals surface area contributed by atoms with Crippen LogP contribution in [0.5, 0.6) is 0 Å². The highest BCUT2D eigenvalue weighted by atomic mass is 16.2. The quantitative estimate of drug-likeness (QED) is 0.860. The Balaban J connectivity index is 2.02. The lowest BCUT2D eigenvalue weighted by atomic mass is 10.3. The highest BCUT2D eigenvalue weighted by molar-refractivity contribution is 5.93. The van der Waals surface area contributed by atoms with Crippen LogP contribution in [0.4, 0.5) is 0 Å². The van der Waals surface area contributed by atoms with Crippen molar-refractivity contribution in [2.45, 2.75) is 33.2 Å². The number of aromatic amines is 1. The third kappa shape index (κ3) is 2.72. The van der Waals surface area contributed by atoms with E-state index in [1.165, 1.54) is 0 Å². The number of nitrogens with one attached hydrogen (secondary N) is 1. The second-order valence-corrected chi connectivity index (χ2v) is 5.15. The molecule has 1 aliphatic heterocycles. The lowest BCUT2D eigenvalue weighted by molar-refractivity contribution is 0.0753. The van der Waals surface area contributed by atoms with Gasteiger partial charge in [0.05, 0.1) is 6.33 Å². The van der Waals surface area contributed by atoms with Crippen LogP contribution >= 0.6 is 0 Å². The van der Waals surface area contributed by atoms with Crippen molar-refractivity contribution in [3.8, 4) is 0 Å². The molecule has 18 heavy (non-hydrogen) atoms. The standard InChI is InChI=1S/C13H22N4O/c1-10(2)16-5-4-6-17(8-7-16)13(18)12-11(3)14-9-15-12/h9-10H,4-8H2,1-3H3,(H,14,15). The average Bonchev–Trinajstić information content (AvgIpc) is 2.63. The van der Waals surface area contributed by atoms with E-state index >= 15 is 0 Å². The molecule has 5 heteroatoms. The molecule has 0 aromatic carbocycles. The molecule has 0 bridgehead atoms. The molecule has 2 heterocycles. The van der Waals surface area contributed by atoms with E-state index < -0.39 is 0 Å². The lowest BCUT2D eigenvalue weighted by Gasteiger charge is -2.24. The monoisotopic (exact) mass is 250 g/mol. The first kappa shape index (κ1) is 13.1. The normalized spacial score (nSPS) is 18.1. The predicted molar refractivity (Wildman–Crippen MR) is 70.6 cm³/mol. The molecule has 1 amide bonds. The topological polar surface area (TPSA) is 52.2 Å². The van der Waals surface area contributed by atoms with Crippen LogP contribution in [0, 0.1) is 6.92 Å². The molecule has 0 aliphatic carbocycles. The molecule has 1 aliphatic rings. The predicted octanol–water partition coefficient (Wildman–Crippen LogP) is 1.27. The Kier molecular flexibility index (Phi) is 4.01. The Labute approximate surface area is 108 Å². The van der Waals surface area contributed by atoms with E-state index in [2.05, 4.69) is 28.7 Å². The number of hydrogen-bond acceptors (Lipinski definition) is 3. The second-order valence-electron chi connectivity index (χ2n) is 5.15. The SMILES string of the molecule is Cc1[nH]cnc1C(=O)N1CCCN(C(C)C)CC1. The van der Waals surface area contributed by atoms with Crippen molar-refractivity contribution in [1.29, 1.82) is 0 Å². The van der Waals surface area contributed by atoms with E-state index in [1.54, 1.807) is 6.33 Å². The second kappa shape index (κ2) is 5.52. The third-order valence-electron chi connectivity index (χ3n) is 3.58. The van der Waals surface area contributed by atoms with E-state index in [4.69, 9.17) is 0 Å². The molecule has 1 fully saturated rings. The van der Waals surface area contributed by atoms with Gasteiger partial charge in [-0.1, -0.05) is 0 Å². The summed E-state index contributed by atoms with van der Waals surface area (Å²) in [4.78, 5) is 23.8. The van der Waals surface area contributed by atoms with Gasteiger partial charge in [-0.3, -0.25) is 9.69 Å². The molecule has 0 unspecified atom stereocenters. The minimum Gasteiger partial charge on any atom is -0.348 e. The van der Waals surface area contributed by atoms with Crippen molar-refractivity contribution in [3.63, 3.8) is 0 Å². The van der Waals surface area contributed by atoms with E-state index in [0.717, 1.165) is 38.3 Å². The number of H-pyrrole nitrogens is 1. The van der Waals surface area contributed by atoms with Crippen LogP contribution in [-0.4, -0.2) is 57.9 Å². The zero-order valence-corrected chi connectivity index (χ0v) is 11.4. The summed E-state index contributed by atoms with van der Waals surface area (Å²) >= 11 is 0. The summed E-state index contributed by atoms with van der Waals surface area (Å²) in [5.74, 6) is 0.0550. The minimum absolute atomic E-state index is 0.0550. The fraction of sp³-hybridized carbons (Fsp3) is 0.692. The summed E-state index contributed by atoms with van der Waals surface area (Å²) in [5, 5.41) is 0. The zero-order chi connectivity index (χ0) is 13.1. The highest BCUT2D eigenvalue weighted by Crippen LogP contribution is 2.11. The smallest absolute Gasteiger partial charge is 0.274 e. The van der Waals surface area contributed by atoms with Crippen LogP contribution < -0.4 is 0 Å². The average molecular weight is 250 g/mol. The summed E-state index contributed by atoms with van der Waals surface area (Å²) in [6.45, 7) is 9.94. The van der Waals surface area contributed by atoms with Gasteiger partial charge in [-0.05, 0) is 27.2 Å². The number of nitrogens with zero attached hydrogens (tertiary/aromatic N) is 3. The van der Waals surface area contributed by atoms with Gasteiger partial charge >= 0.3 is 0 Å². The Hall–Kier alpha value is -1.36. The van der Waals surface area contributed by atoms with E-state index in [1.807, 2.05) is 11.8 Å². The molecule has 2 rings (SSSR count). The van der Waals surface area contributed by atoms with Crippen molar-refractivity contribution < 1.29 is 4.79 Å². The van der Waals surface area contributed by atoms with Gasteiger partial charge in [0.2, 0.25) is 0 Å². The van der Waals surface area contributed by atoms with Crippen molar-refractivity contribution in [1.82, 2.24) is 19.8 Å². The van der Waals surface area contributed by atoms with E-state index in [0.29, 0.717) is 11.7 Å². The number of amides is 1. The summed E-state index contributed by atoms with van der Waals surface area (Å²) in [6.07, 6.45) is 2.62. The Bertz CT molecular complexity index is 413. The molecule has 0 atom stereocenters. The Morgan fingerprint density at radius 2 is 2.11 bits per heavy atom. The van der Waals surface area contributed by atoms with Crippen LogP contribution in [-0.2, 0) is 0 Å². The molecule has 0 saturated carbocycles. The third-order valence-corrected chi connectivity index (χ3v) is 3.58. The molecule has 1 saturated heterocycles. The van der Waals surface area contributed by atoms with Crippen molar-refractivity contribution in [2.75, 3.05) is 26.2 Å². The fourth-order valence-electron chi connectivity index (χ4n) is 2.38. The molecule has 5 nitrogen and oxygen atoms in total. The molecular formula is C13H22N4O. The van der Waals surface area contributed by atoms with Gasteiger partial charge in [-0.25, -0.2) is 4.98 Å². The van der Waals surface area contributed by atoms with Crippen LogP contribution in [0.3, 0.4) is 0 Å². The maximum absolute atomic E-state index is 12.3. The van der Waals surface area contributed by atoms with Crippen LogP contribution in [0.15, 0.2) is 6.33 Å². The lowest BCUT2D eigenvalue weighted by Crippen LogP contribution is -2.37. The summed E-state index contributed by atoms with van der Waals surface area (Å²) in [6, 6.07) is 0.548. The van der Waals surface area contributed by atoms with Gasteiger partial charge in [0.15, 0.2) is 0 Å². The minimum atomic E-state index is 0.0550. The molecular weight excluding hydrogens is 228 g/mol. The number of imidazole rings is 1. The number of hydrogen-bond donors (Lipinski definition) is 1. The zero-order valence-electron chi connectivity index (χ0n) is 11.4. The number of aryl methyl sites for hydroxylation is 1. The number of rotatable bonds is 2. The van der Waals surface area contributed by atoms with Crippen LogP contribution in [0.25, 0.3) is 0 Å². The molecule has 1 aromatic rings. The van der Waals surface area contributed by atoms with Crippen molar-refractivity contribution in [3.05, 3.63) is 17.7 Å². The van der Waals surface area contributed by atoms with Crippen molar-refractivity contribution >= 4 is 5.91 Å². The first-order valence-electron chi connectivity index (χ1n) is 6.63. The largest absolute Gasteiger partial charge is 0.348 e. The van der Waals surface area contributed by atoms with Crippen LogP contribution in [0.1, 0.15) is 36.5 Å². The van der Waals surface area contributed by atoms with E-state index in [9.17, 15) is 4.79 Å². The van der Waals surface area contributed by atoms with Gasteiger partial charge < -0.3 is 9.88 Å². The van der Waals surface area contributed by atoms with Gasteiger partial charge in [0.1, 0.15) is 5.69 Å². The molecule has 1 N–H and O–H groups in total. The molecule has 0 spiro atoms. The maximum Gasteiger partial charge on any atom is 0.274 e. The van der Waals surface area contributed by atoms with Gasteiger partial charge in [0.25, 0.3) is 5.91 Å². The number of aromatic nitrogens is 2. The fourth-order valence-corrected chi connectivity index (χ4v) is 2.38. The van der Waals surface area contributed by atoms with Gasteiger partial charge in [-0.15, -0.1) is 0 Å². The first-order valence-corrected chi connectivity index (χ1v) is 6.63.